The van der Waals surface area contributed by atoms with Crippen LogP contribution >= 0.6 is 15.9 Å². The van der Waals surface area contributed by atoms with Gasteiger partial charge in [0.25, 0.3) is 0 Å². The lowest BCUT2D eigenvalue weighted by Crippen LogP contribution is -2.59. The van der Waals surface area contributed by atoms with E-state index in [4.69, 9.17) is 9.47 Å². The fraction of sp³-hybridized carbons (Fsp3) is 0.588. The van der Waals surface area contributed by atoms with Crippen molar-refractivity contribution in [1.82, 2.24) is 15.1 Å². The first-order chi connectivity index (χ1) is 21.6. The molecule has 45 heavy (non-hydrogen) atoms. The summed E-state index contributed by atoms with van der Waals surface area (Å²) in [6, 6.07) is 7.41. The van der Waals surface area contributed by atoms with E-state index in [1.165, 1.54) is 4.90 Å². The second kappa shape index (κ2) is 14.2. The van der Waals surface area contributed by atoms with Crippen LogP contribution in [0.15, 0.2) is 53.0 Å². The van der Waals surface area contributed by atoms with E-state index in [2.05, 4.69) is 28.2 Å². The lowest BCUT2D eigenvalue weighted by atomic mass is 9.74. The summed E-state index contributed by atoms with van der Waals surface area (Å²) in [7, 11) is 0. The number of aliphatic hydroxyl groups excluding tert-OH is 1. The Bertz CT molecular complexity index is 1330. The number of nitrogens with zero attached hydrogens (tertiary/aromatic N) is 2. The van der Waals surface area contributed by atoms with E-state index in [0.717, 1.165) is 19.3 Å². The molecule has 4 aliphatic heterocycles. The molecule has 4 heterocycles. The third-order valence-corrected chi connectivity index (χ3v) is 10.2. The van der Waals surface area contributed by atoms with Gasteiger partial charge in [-0.2, -0.15) is 0 Å². The fourth-order valence-electron chi connectivity index (χ4n) is 7.14. The van der Waals surface area contributed by atoms with E-state index in [9.17, 15) is 24.3 Å². The summed E-state index contributed by atoms with van der Waals surface area (Å²) in [5, 5.41) is 13.4. The quantitative estimate of drug-likeness (QED) is 0.243. The summed E-state index contributed by atoms with van der Waals surface area (Å²) >= 11 is 3.59. The van der Waals surface area contributed by atoms with E-state index in [1.54, 1.807) is 11.0 Å². The second-order valence-corrected chi connectivity index (χ2v) is 13.6. The molecule has 4 aliphatic rings. The molecule has 0 aromatic heterocycles. The molecule has 2 fully saturated rings. The molecule has 0 saturated carbocycles. The molecule has 5 bridgehead atoms. The van der Waals surface area contributed by atoms with Crippen molar-refractivity contribution < 1.29 is 33.8 Å². The van der Waals surface area contributed by atoms with Crippen molar-refractivity contribution in [2.75, 3.05) is 26.2 Å². The van der Waals surface area contributed by atoms with Gasteiger partial charge >= 0.3 is 5.97 Å². The van der Waals surface area contributed by atoms with Crippen LogP contribution in [0.25, 0.3) is 0 Å². The lowest BCUT2D eigenvalue weighted by Gasteiger charge is -2.40. The van der Waals surface area contributed by atoms with Crippen LogP contribution in [0.2, 0.25) is 0 Å². The molecule has 0 unspecified atom stereocenters. The van der Waals surface area contributed by atoms with Gasteiger partial charge in [-0.05, 0) is 30.4 Å². The molecule has 2 N–H and O–H groups in total. The highest BCUT2D eigenvalue weighted by molar-refractivity contribution is 9.11. The predicted octanol–water partition coefficient (Wildman–Crippen LogP) is 3.65. The highest BCUT2D eigenvalue weighted by Gasteiger charge is 2.75. The number of amides is 3. The van der Waals surface area contributed by atoms with Crippen LogP contribution < -0.4 is 5.32 Å². The van der Waals surface area contributed by atoms with Crippen molar-refractivity contribution in [1.29, 1.82) is 0 Å². The number of fused-ring (bicyclic) bond motifs is 2. The van der Waals surface area contributed by atoms with Gasteiger partial charge in [0.05, 0.1) is 25.1 Å². The molecule has 2 saturated heterocycles. The Hall–Kier alpha value is -3.02. The van der Waals surface area contributed by atoms with Crippen LogP contribution in [0.5, 0.6) is 0 Å². The van der Waals surface area contributed by atoms with Gasteiger partial charge < -0.3 is 29.7 Å². The molecule has 0 aliphatic carbocycles. The first-order valence-corrected chi connectivity index (χ1v) is 16.9. The summed E-state index contributed by atoms with van der Waals surface area (Å²) in [6.45, 7) is 6.38. The number of likely N-dealkylation sites (tertiary alicyclic amines) is 1. The molecule has 1 aromatic carbocycles. The Balaban J connectivity index is 1.60. The smallest absolute Gasteiger partial charge is 0.313 e. The number of cyclic esters (lactones) is 1. The Morgan fingerprint density at radius 3 is 2.53 bits per heavy atom. The molecular formula is C34H44BrN3O7. The minimum Gasteiger partial charge on any atom is -0.455 e. The number of carbonyl (C=O) groups is 4. The maximum Gasteiger partial charge on any atom is 0.313 e. The number of hydrogen-bond donors (Lipinski definition) is 2. The number of carbonyl (C=O) groups excluding carboxylic acids is 4. The molecular weight excluding hydrogens is 642 g/mol. The van der Waals surface area contributed by atoms with Gasteiger partial charge in [-0.15, -0.1) is 0 Å². The molecule has 244 valence electrons. The van der Waals surface area contributed by atoms with Crippen molar-refractivity contribution >= 4 is 39.6 Å². The third kappa shape index (κ3) is 6.36. The summed E-state index contributed by atoms with van der Waals surface area (Å²) in [5.74, 6) is -3.74. The van der Waals surface area contributed by atoms with Crippen LogP contribution in [0.4, 0.5) is 0 Å². The molecule has 0 radical (unpaired) electrons. The van der Waals surface area contributed by atoms with Crippen LogP contribution in [-0.4, -0.2) is 88.6 Å². The number of allylic oxidation sites excluding steroid dienone is 1. The van der Waals surface area contributed by atoms with Crippen LogP contribution in [0, 0.1) is 17.8 Å². The van der Waals surface area contributed by atoms with Gasteiger partial charge in [-0.1, -0.05) is 92.0 Å². The topological polar surface area (TPSA) is 125 Å². The van der Waals surface area contributed by atoms with Gasteiger partial charge in [-0.3, -0.25) is 19.2 Å². The predicted molar refractivity (Wildman–Crippen MR) is 171 cm³/mol. The molecule has 1 aromatic rings. The largest absolute Gasteiger partial charge is 0.455 e. The lowest BCUT2D eigenvalue weighted by molar-refractivity contribution is -0.160. The number of rotatable bonds is 8. The third-order valence-electron chi connectivity index (χ3n) is 9.47. The number of unbranched alkanes of at least 4 members (excludes halogenated alkanes) is 2. The van der Waals surface area contributed by atoms with Gasteiger partial charge in [0.2, 0.25) is 17.7 Å². The van der Waals surface area contributed by atoms with Crippen LogP contribution in [0.3, 0.4) is 0 Å². The number of ether oxygens (including phenoxy) is 2. The van der Waals surface area contributed by atoms with Crippen molar-refractivity contribution in [3.05, 3.63) is 58.6 Å². The van der Waals surface area contributed by atoms with Crippen molar-refractivity contribution in [2.24, 2.45) is 17.8 Å². The molecule has 5 rings (SSSR count). The maximum absolute atomic E-state index is 14.7. The number of nitrogens with one attached hydrogen (secondary N) is 1. The highest BCUT2D eigenvalue weighted by Crippen LogP contribution is 2.59. The van der Waals surface area contributed by atoms with Crippen LogP contribution in [-0.2, 0) is 28.7 Å². The Kier molecular flexibility index (Phi) is 10.5. The molecule has 7 atom stereocenters. The number of halogens is 1. The van der Waals surface area contributed by atoms with E-state index >= 15 is 0 Å². The highest BCUT2D eigenvalue weighted by atomic mass is 79.9. The summed E-state index contributed by atoms with van der Waals surface area (Å²) in [5.41, 5.74) is -0.714. The summed E-state index contributed by atoms with van der Waals surface area (Å²) in [6.07, 6.45) is 7.35. The molecule has 3 amide bonds. The first-order valence-electron chi connectivity index (χ1n) is 16.1. The maximum atomic E-state index is 14.7. The van der Waals surface area contributed by atoms with E-state index < -0.39 is 53.6 Å². The molecule has 10 nitrogen and oxygen atoms in total. The second-order valence-electron chi connectivity index (χ2n) is 12.7. The SMILES string of the molecule is CCCCCN1C/C=C\CCC(=O)NC[C@@H](c2ccccc2)OC(=O)[C@@H]2[C@H]3O[C@@]4(C=C3Br)[C@H](C1=O)N([C@@H](CO)C(C)C)C(=O)[C@@H]24. The van der Waals surface area contributed by atoms with Crippen LogP contribution in [0.1, 0.15) is 64.5 Å². The average molecular weight is 687 g/mol. The Labute approximate surface area is 273 Å². The number of aliphatic hydroxyl groups is 1. The Morgan fingerprint density at radius 2 is 1.84 bits per heavy atom. The zero-order chi connectivity index (χ0) is 32.3. The number of esters is 1. The summed E-state index contributed by atoms with van der Waals surface area (Å²) < 4.78 is 13.3. The zero-order valence-corrected chi connectivity index (χ0v) is 27.8. The zero-order valence-electron chi connectivity index (χ0n) is 26.2. The van der Waals surface area contributed by atoms with E-state index in [0.29, 0.717) is 29.6 Å². The molecule has 11 heteroatoms. The minimum absolute atomic E-state index is 0.0652. The summed E-state index contributed by atoms with van der Waals surface area (Å²) in [4.78, 5) is 59.3. The van der Waals surface area contributed by atoms with E-state index in [-0.39, 0.29) is 37.3 Å². The minimum atomic E-state index is -1.42. The number of benzene rings is 1. The van der Waals surface area contributed by atoms with Gasteiger partial charge in [0.15, 0.2) is 0 Å². The first kappa shape index (κ1) is 33.3. The fourth-order valence-corrected chi connectivity index (χ4v) is 7.88. The van der Waals surface area contributed by atoms with Gasteiger partial charge in [0.1, 0.15) is 29.8 Å². The Morgan fingerprint density at radius 1 is 1.09 bits per heavy atom. The van der Waals surface area contributed by atoms with Crippen molar-refractivity contribution in [3.63, 3.8) is 0 Å². The monoisotopic (exact) mass is 685 g/mol. The standard InChI is InChI=1S/C34H44BrN3O7/c1-4-5-11-16-37-17-12-7-10-15-26(40)36-19-25(22-13-8-6-9-14-22)44-33(43)27-28-31(41)38(24(20-39)21(2)3)30(32(37)42)34(28)18-23(35)29(27)45-34/h6-9,12-14,18,21,24-25,27-30,39H,4-5,10-11,15-17,19-20H2,1-3H3,(H,36,40)/b12-7-/t24-,25-,27-,28+,29-,30-,34+/m0/s1. The van der Waals surface area contributed by atoms with Crippen molar-refractivity contribution in [3.8, 4) is 0 Å². The molecule has 1 spiro atoms. The normalized spacial score (nSPS) is 32.0. The van der Waals surface area contributed by atoms with E-state index in [1.807, 2.05) is 56.3 Å². The van der Waals surface area contributed by atoms with Crippen molar-refractivity contribution in [2.45, 2.75) is 82.8 Å². The average Bonchev–Trinajstić information content (AvgIpc) is 3.61. The van der Waals surface area contributed by atoms with Gasteiger partial charge in [-0.25, -0.2) is 0 Å². The number of hydrogen-bond acceptors (Lipinski definition) is 7. The van der Waals surface area contributed by atoms with Gasteiger partial charge in [0, 0.05) is 24.0 Å².